The molecule has 114 valence electrons. The third kappa shape index (κ3) is 5.01. The van der Waals surface area contributed by atoms with Gasteiger partial charge in [-0.05, 0) is 31.9 Å². The van der Waals surface area contributed by atoms with Crippen molar-refractivity contribution in [2.75, 3.05) is 33.2 Å². The fraction of sp³-hybridized carbons (Fsp3) is 0.500. The summed E-state index contributed by atoms with van der Waals surface area (Å²) in [5.41, 5.74) is 2.62. The first-order valence-electron chi connectivity index (χ1n) is 7.71. The van der Waals surface area contributed by atoms with E-state index in [2.05, 4.69) is 49.2 Å². The van der Waals surface area contributed by atoms with Gasteiger partial charge in [0.2, 0.25) is 5.91 Å². The summed E-state index contributed by atoms with van der Waals surface area (Å²) in [5, 5.41) is 0. The third-order valence-electron chi connectivity index (χ3n) is 4.03. The largest absolute Gasteiger partial charge is 0.343 e. The van der Waals surface area contributed by atoms with Crippen LogP contribution < -0.4 is 0 Å². The summed E-state index contributed by atoms with van der Waals surface area (Å²) in [6.45, 7) is 7.72. The number of benzene rings is 1. The van der Waals surface area contributed by atoms with Crippen LogP contribution in [0.15, 0.2) is 35.9 Å². The van der Waals surface area contributed by atoms with Crippen LogP contribution in [-0.2, 0) is 4.79 Å². The van der Waals surface area contributed by atoms with Gasteiger partial charge in [-0.2, -0.15) is 0 Å². The van der Waals surface area contributed by atoms with Gasteiger partial charge in [0.15, 0.2) is 0 Å². The standard InChI is InChI=1S/C18H26N2O/c1-15(11-17-7-5-4-6-8-17)12-19(3)13-18-9-10-20(14-18)16(2)21/h4-8,11,18H,9-10,12-14H2,1-3H3/b15-11+/t18-/m1/s1. The highest BCUT2D eigenvalue weighted by Crippen LogP contribution is 2.17. The average Bonchev–Trinajstić information content (AvgIpc) is 2.88. The van der Waals surface area contributed by atoms with Crippen molar-refractivity contribution in [3.63, 3.8) is 0 Å². The number of likely N-dealkylation sites (N-methyl/N-ethyl adjacent to an activating group) is 1. The first kappa shape index (κ1) is 15.8. The SMILES string of the molecule is CC(=O)N1CC[C@H](CN(C)C/C(C)=C/c2ccccc2)C1. The maximum atomic E-state index is 11.4. The van der Waals surface area contributed by atoms with Gasteiger partial charge in [0.05, 0.1) is 0 Å². The molecule has 1 aromatic carbocycles. The Balaban J connectivity index is 1.81. The van der Waals surface area contributed by atoms with E-state index in [1.54, 1.807) is 6.92 Å². The zero-order chi connectivity index (χ0) is 15.2. The van der Waals surface area contributed by atoms with Gasteiger partial charge < -0.3 is 9.80 Å². The lowest BCUT2D eigenvalue weighted by Gasteiger charge is -2.21. The maximum Gasteiger partial charge on any atom is 0.219 e. The van der Waals surface area contributed by atoms with Crippen LogP contribution in [0.3, 0.4) is 0 Å². The van der Waals surface area contributed by atoms with Crippen molar-refractivity contribution < 1.29 is 4.79 Å². The predicted molar refractivity (Wildman–Crippen MR) is 88.0 cm³/mol. The lowest BCUT2D eigenvalue weighted by molar-refractivity contribution is -0.127. The van der Waals surface area contributed by atoms with E-state index in [0.29, 0.717) is 5.92 Å². The van der Waals surface area contributed by atoms with Crippen molar-refractivity contribution in [1.82, 2.24) is 9.80 Å². The van der Waals surface area contributed by atoms with Gasteiger partial charge in [0.1, 0.15) is 0 Å². The molecule has 1 saturated heterocycles. The molecule has 3 nitrogen and oxygen atoms in total. The Morgan fingerprint density at radius 3 is 2.67 bits per heavy atom. The molecule has 0 saturated carbocycles. The summed E-state index contributed by atoms with van der Waals surface area (Å²) in [5.74, 6) is 0.823. The van der Waals surface area contributed by atoms with Crippen LogP contribution >= 0.6 is 0 Å². The monoisotopic (exact) mass is 286 g/mol. The number of carbonyl (C=O) groups excluding carboxylic acids is 1. The predicted octanol–water partition coefficient (Wildman–Crippen LogP) is 2.89. The molecule has 0 spiro atoms. The molecule has 1 amide bonds. The molecule has 1 atom stereocenters. The van der Waals surface area contributed by atoms with Crippen LogP contribution in [-0.4, -0.2) is 48.9 Å². The zero-order valence-corrected chi connectivity index (χ0v) is 13.4. The lowest BCUT2D eigenvalue weighted by atomic mass is 10.1. The van der Waals surface area contributed by atoms with Crippen molar-refractivity contribution in [3.05, 3.63) is 41.5 Å². The second-order valence-electron chi connectivity index (χ2n) is 6.22. The number of hydrogen-bond donors (Lipinski definition) is 0. The number of likely N-dealkylation sites (tertiary alicyclic amines) is 1. The van der Waals surface area contributed by atoms with Gasteiger partial charge in [0.25, 0.3) is 0 Å². The normalized spacial score (nSPS) is 19.3. The number of rotatable bonds is 5. The smallest absolute Gasteiger partial charge is 0.219 e. The number of carbonyl (C=O) groups is 1. The van der Waals surface area contributed by atoms with Crippen molar-refractivity contribution in [3.8, 4) is 0 Å². The molecular weight excluding hydrogens is 260 g/mol. The third-order valence-corrected chi connectivity index (χ3v) is 4.03. The molecule has 21 heavy (non-hydrogen) atoms. The van der Waals surface area contributed by atoms with Crippen molar-refractivity contribution in [2.24, 2.45) is 5.92 Å². The summed E-state index contributed by atoms with van der Waals surface area (Å²) in [7, 11) is 2.17. The molecule has 3 heteroatoms. The highest BCUT2D eigenvalue weighted by molar-refractivity contribution is 5.73. The molecule has 0 bridgehead atoms. The van der Waals surface area contributed by atoms with Gasteiger partial charge >= 0.3 is 0 Å². The van der Waals surface area contributed by atoms with Crippen LogP contribution in [0.5, 0.6) is 0 Å². The minimum atomic E-state index is 0.209. The first-order valence-corrected chi connectivity index (χ1v) is 7.71. The van der Waals surface area contributed by atoms with Crippen LogP contribution in [0.4, 0.5) is 0 Å². The van der Waals surface area contributed by atoms with Crippen molar-refractivity contribution in [2.45, 2.75) is 20.3 Å². The molecular formula is C18H26N2O. The Kier molecular flexibility index (Phi) is 5.57. The van der Waals surface area contributed by atoms with Crippen LogP contribution in [0.25, 0.3) is 6.08 Å². The molecule has 1 aliphatic rings. The van der Waals surface area contributed by atoms with Crippen molar-refractivity contribution in [1.29, 1.82) is 0 Å². The van der Waals surface area contributed by atoms with Crippen LogP contribution in [0.1, 0.15) is 25.8 Å². The molecule has 0 radical (unpaired) electrons. The molecule has 1 heterocycles. The lowest BCUT2D eigenvalue weighted by Crippen LogP contribution is -2.31. The average molecular weight is 286 g/mol. The van der Waals surface area contributed by atoms with E-state index >= 15 is 0 Å². The zero-order valence-electron chi connectivity index (χ0n) is 13.4. The van der Waals surface area contributed by atoms with Crippen LogP contribution in [0, 0.1) is 5.92 Å². The molecule has 0 aromatic heterocycles. The Labute approximate surface area is 128 Å². The van der Waals surface area contributed by atoms with Gasteiger partial charge in [0, 0.05) is 33.1 Å². The quantitative estimate of drug-likeness (QED) is 0.831. The van der Waals surface area contributed by atoms with E-state index in [-0.39, 0.29) is 5.91 Å². The Bertz CT molecular complexity index is 495. The summed E-state index contributed by atoms with van der Waals surface area (Å²) in [6.07, 6.45) is 3.37. The van der Waals surface area contributed by atoms with E-state index in [4.69, 9.17) is 0 Å². The van der Waals surface area contributed by atoms with Crippen LogP contribution in [0.2, 0.25) is 0 Å². The summed E-state index contributed by atoms with van der Waals surface area (Å²) in [4.78, 5) is 15.7. The fourth-order valence-electron chi connectivity index (χ4n) is 3.08. The van der Waals surface area contributed by atoms with E-state index in [1.165, 1.54) is 11.1 Å². The number of amides is 1. The van der Waals surface area contributed by atoms with E-state index in [0.717, 1.165) is 32.6 Å². The highest BCUT2D eigenvalue weighted by atomic mass is 16.2. The van der Waals surface area contributed by atoms with E-state index < -0.39 is 0 Å². The molecule has 0 aliphatic carbocycles. The summed E-state index contributed by atoms with van der Waals surface area (Å²) in [6, 6.07) is 10.4. The first-order chi connectivity index (χ1) is 10.0. The molecule has 1 aliphatic heterocycles. The number of hydrogen-bond acceptors (Lipinski definition) is 2. The van der Waals surface area contributed by atoms with Crippen molar-refractivity contribution >= 4 is 12.0 Å². The topological polar surface area (TPSA) is 23.6 Å². The number of nitrogens with zero attached hydrogens (tertiary/aromatic N) is 2. The highest BCUT2D eigenvalue weighted by Gasteiger charge is 2.24. The molecule has 0 N–H and O–H groups in total. The second-order valence-corrected chi connectivity index (χ2v) is 6.22. The Morgan fingerprint density at radius 1 is 1.33 bits per heavy atom. The molecule has 2 rings (SSSR count). The van der Waals surface area contributed by atoms with E-state index in [1.807, 2.05) is 11.0 Å². The molecule has 1 aromatic rings. The van der Waals surface area contributed by atoms with Gasteiger partial charge in [-0.3, -0.25) is 4.79 Å². The minimum Gasteiger partial charge on any atom is -0.343 e. The Morgan fingerprint density at radius 2 is 2.05 bits per heavy atom. The fourth-order valence-corrected chi connectivity index (χ4v) is 3.08. The molecule has 0 unspecified atom stereocenters. The van der Waals surface area contributed by atoms with Gasteiger partial charge in [-0.15, -0.1) is 0 Å². The summed E-state index contributed by atoms with van der Waals surface area (Å²) < 4.78 is 0. The van der Waals surface area contributed by atoms with E-state index in [9.17, 15) is 4.79 Å². The van der Waals surface area contributed by atoms with Gasteiger partial charge in [-0.25, -0.2) is 0 Å². The maximum absolute atomic E-state index is 11.4. The second kappa shape index (κ2) is 7.41. The summed E-state index contributed by atoms with van der Waals surface area (Å²) >= 11 is 0. The molecule has 1 fully saturated rings. The minimum absolute atomic E-state index is 0.209. The van der Waals surface area contributed by atoms with Gasteiger partial charge in [-0.1, -0.05) is 42.0 Å². The Hall–Kier alpha value is -1.61.